The zero-order chi connectivity index (χ0) is 26.5. The standard InChI is InChI=1S/C22H24IN3O9S/c1-13(27)32-11-17-18(35-36(30,31)12-15-6-4-3-5-7-15)19(33-14(2)28)21(34-17)26-10-16(8-9-23)20(24)25-22(26)29/h3-10,17-19,21H,11-12H2,1-2H3,(H2,24,25,29)/t17-,18+,19-,21-/m1/s1. The van der Waals surface area contributed by atoms with Crippen molar-refractivity contribution in [3.8, 4) is 0 Å². The molecule has 0 spiro atoms. The van der Waals surface area contributed by atoms with Crippen molar-refractivity contribution in [3.05, 3.63) is 62.2 Å². The van der Waals surface area contributed by atoms with Crippen molar-refractivity contribution in [2.45, 2.75) is 44.1 Å². The summed E-state index contributed by atoms with van der Waals surface area (Å²) in [6, 6.07) is 8.30. The highest BCUT2D eigenvalue weighted by Gasteiger charge is 2.51. The second-order valence-corrected chi connectivity index (χ2v) is 10.1. The Kier molecular flexibility index (Phi) is 9.21. The van der Waals surface area contributed by atoms with Crippen LogP contribution in [0.1, 0.15) is 31.2 Å². The molecular weight excluding hydrogens is 609 g/mol. The van der Waals surface area contributed by atoms with Gasteiger partial charge in [0.1, 0.15) is 30.4 Å². The maximum absolute atomic E-state index is 12.9. The number of halogens is 1. The molecule has 36 heavy (non-hydrogen) atoms. The number of carbonyl (C=O) groups is 2. The molecule has 0 unspecified atom stereocenters. The van der Waals surface area contributed by atoms with Crippen LogP contribution in [0.4, 0.5) is 5.82 Å². The van der Waals surface area contributed by atoms with Gasteiger partial charge < -0.3 is 19.9 Å². The van der Waals surface area contributed by atoms with Crippen molar-refractivity contribution in [1.29, 1.82) is 0 Å². The molecule has 3 rings (SSSR count). The molecule has 0 radical (unpaired) electrons. The summed E-state index contributed by atoms with van der Waals surface area (Å²) in [5, 5.41) is 0. The van der Waals surface area contributed by atoms with E-state index in [2.05, 4.69) is 4.98 Å². The third kappa shape index (κ3) is 7.11. The summed E-state index contributed by atoms with van der Waals surface area (Å²) in [5.41, 5.74) is 5.81. The molecule has 0 bridgehead atoms. The molecule has 1 saturated heterocycles. The van der Waals surface area contributed by atoms with Crippen LogP contribution in [0.3, 0.4) is 0 Å². The molecule has 2 N–H and O–H groups in total. The van der Waals surface area contributed by atoms with Gasteiger partial charge in [0.25, 0.3) is 10.1 Å². The van der Waals surface area contributed by atoms with Gasteiger partial charge in [0, 0.05) is 25.6 Å². The van der Waals surface area contributed by atoms with Crippen LogP contribution in [0.25, 0.3) is 6.08 Å². The molecule has 1 aliphatic rings. The van der Waals surface area contributed by atoms with Gasteiger partial charge in [-0.25, -0.2) is 4.79 Å². The van der Waals surface area contributed by atoms with Gasteiger partial charge in [0.15, 0.2) is 12.3 Å². The Morgan fingerprint density at radius 3 is 2.50 bits per heavy atom. The zero-order valence-corrected chi connectivity index (χ0v) is 22.2. The van der Waals surface area contributed by atoms with Crippen LogP contribution in [-0.2, 0) is 43.9 Å². The number of ether oxygens (including phenoxy) is 3. The molecule has 14 heteroatoms. The number of nitrogen functional groups attached to an aromatic ring is 1. The quantitative estimate of drug-likeness (QED) is 0.242. The number of aromatic nitrogens is 2. The summed E-state index contributed by atoms with van der Waals surface area (Å²) in [4.78, 5) is 39.9. The van der Waals surface area contributed by atoms with Crippen molar-refractivity contribution >= 4 is 56.5 Å². The van der Waals surface area contributed by atoms with Crippen LogP contribution in [0.15, 0.2) is 45.4 Å². The minimum atomic E-state index is -4.24. The average Bonchev–Trinajstić information content (AvgIpc) is 3.10. The Labute approximate surface area is 220 Å². The molecule has 12 nitrogen and oxygen atoms in total. The first-order chi connectivity index (χ1) is 17.0. The van der Waals surface area contributed by atoms with E-state index in [1.807, 2.05) is 22.6 Å². The second kappa shape index (κ2) is 11.9. The van der Waals surface area contributed by atoms with E-state index in [4.69, 9.17) is 24.1 Å². The van der Waals surface area contributed by atoms with Gasteiger partial charge in [-0.2, -0.15) is 13.4 Å². The van der Waals surface area contributed by atoms with Crippen LogP contribution in [-0.4, -0.2) is 54.8 Å². The Hall–Kier alpha value is -2.82. The van der Waals surface area contributed by atoms with E-state index in [-0.39, 0.29) is 5.82 Å². The topological polar surface area (TPSA) is 166 Å². The van der Waals surface area contributed by atoms with Crippen LogP contribution in [0, 0.1) is 0 Å². The molecule has 0 saturated carbocycles. The smallest absolute Gasteiger partial charge is 0.351 e. The maximum atomic E-state index is 12.9. The molecule has 1 aromatic carbocycles. The summed E-state index contributed by atoms with van der Waals surface area (Å²) in [6.07, 6.45) is -2.49. The minimum Gasteiger partial charge on any atom is -0.463 e. The maximum Gasteiger partial charge on any atom is 0.351 e. The Balaban J connectivity index is 2.03. The predicted octanol–water partition coefficient (Wildman–Crippen LogP) is 1.54. The van der Waals surface area contributed by atoms with Gasteiger partial charge in [-0.05, 0) is 15.7 Å². The highest BCUT2D eigenvalue weighted by molar-refractivity contribution is 14.1. The summed E-state index contributed by atoms with van der Waals surface area (Å²) in [6.45, 7) is 1.85. The normalized spacial score (nSPS) is 22.0. The van der Waals surface area contributed by atoms with Crippen LogP contribution in [0.2, 0.25) is 0 Å². The molecule has 0 aliphatic carbocycles. The van der Waals surface area contributed by atoms with Crippen molar-refractivity contribution < 1.29 is 36.4 Å². The van der Waals surface area contributed by atoms with Gasteiger partial charge >= 0.3 is 17.6 Å². The lowest BCUT2D eigenvalue weighted by atomic mass is 10.1. The number of nitrogens with zero attached hydrogens (tertiary/aromatic N) is 2. The number of benzene rings is 1. The molecular formula is C22H24IN3O9S. The fourth-order valence-corrected chi connectivity index (χ4v) is 5.18. The van der Waals surface area contributed by atoms with E-state index in [1.165, 1.54) is 6.20 Å². The van der Waals surface area contributed by atoms with E-state index in [0.29, 0.717) is 11.1 Å². The highest BCUT2D eigenvalue weighted by atomic mass is 127. The summed E-state index contributed by atoms with van der Waals surface area (Å²) in [5.74, 6) is -1.95. The molecule has 2 aromatic rings. The first-order valence-electron chi connectivity index (χ1n) is 10.6. The third-order valence-corrected chi connectivity index (χ3v) is 6.57. The number of hydrogen-bond donors (Lipinski definition) is 1. The Morgan fingerprint density at radius 2 is 1.89 bits per heavy atom. The Morgan fingerprint density at radius 1 is 1.19 bits per heavy atom. The van der Waals surface area contributed by atoms with Crippen molar-refractivity contribution in [2.24, 2.45) is 0 Å². The number of esters is 2. The molecule has 1 fully saturated rings. The fraction of sp³-hybridized carbons (Fsp3) is 0.364. The number of rotatable bonds is 9. The first-order valence-corrected chi connectivity index (χ1v) is 13.4. The summed E-state index contributed by atoms with van der Waals surface area (Å²) >= 11 is 1.96. The molecule has 4 atom stereocenters. The lowest BCUT2D eigenvalue weighted by Gasteiger charge is -2.24. The van der Waals surface area contributed by atoms with Crippen LogP contribution < -0.4 is 11.4 Å². The molecule has 1 aromatic heterocycles. The first kappa shape index (κ1) is 27.8. The molecule has 2 heterocycles. The highest BCUT2D eigenvalue weighted by Crippen LogP contribution is 2.35. The van der Waals surface area contributed by atoms with E-state index in [1.54, 1.807) is 40.5 Å². The molecule has 1 aliphatic heterocycles. The van der Waals surface area contributed by atoms with E-state index >= 15 is 0 Å². The van der Waals surface area contributed by atoms with Gasteiger partial charge in [0.2, 0.25) is 0 Å². The third-order valence-electron chi connectivity index (χ3n) is 5.01. The van der Waals surface area contributed by atoms with E-state index in [9.17, 15) is 22.8 Å². The molecule has 194 valence electrons. The van der Waals surface area contributed by atoms with E-state index < -0.39 is 64.6 Å². The monoisotopic (exact) mass is 633 g/mol. The van der Waals surface area contributed by atoms with Gasteiger partial charge in [-0.1, -0.05) is 52.9 Å². The van der Waals surface area contributed by atoms with Gasteiger partial charge in [-0.15, -0.1) is 0 Å². The van der Waals surface area contributed by atoms with Crippen molar-refractivity contribution in [1.82, 2.24) is 9.55 Å². The summed E-state index contributed by atoms with van der Waals surface area (Å²) < 4.78 is 50.3. The molecule has 0 amide bonds. The number of hydrogen-bond acceptors (Lipinski definition) is 11. The lowest BCUT2D eigenvalue weighted by molar-refractivity contribution is -0.155. The lowest BCUT2D eigenvalue weighted by Crippen LogP contribution is -2.42. The van der Waals surface area contributed by atoms with Crippen molar-refractivity contribution in [3.63, 3.8) is 0 Å². The Bertz CT molecular complexity index is 1300. The van der Waals surface area contributed by atoms with Crippen molar-refractivity contribution in [2.75, 3.05) is 12.3 Å². The predicted molar refractivity (Wildman–Crippen MR) is 136 cm³/mol. The summed E-state index contributed by atoms with van der Waals surface area (Å²) in [7, 11) is -4.24. The van der Waals surface area contributed by atoms with Gasteiger partial charge in [-0.3, -0.25) is 18.3 Å². The van der Waals surface area contributed by atoms with E-state index in [0.717, 1.165) is 18.4 Å². The van der Waals surface area contributed by atoms with Crippen LogP contribution in [0.5, 0.6) is 0 Å². The van der Waals surface area contributed by atoms with Gasteiger partial charge in [0.05, 0.1) is 0 Å². The van der Waals surface area contributed by atoms with Crippen LogP contribution >= 0.6 is 22.6 Å². The average molecular weight is 633 g/mol. The SMILES string of the molecule is CC(=O)OC[C@H]1O[C@@H](n2cc(C=CI)c(N)nc2=O)[C@H](OC(C)=O)[C@H]1OS(=O)(=O)Cc1ccccc1. The zero-order valence-electron chi connectivity index (χ0n) is 19.3. The number of anilines is 1. The largest absolute Gasteiger partial charge is 0.463 e. The minimum absolute atomic E-state index is 0.0408. The number of nitrogens with two attached hydrogens (primary N) is 1. The number of carbonyl (C=O) groups excluding carboxylic acids is 2. The second-order valence-electron chi connectivity index (χ2n) is 7.75. The fourth-order valence-electron chi connectivity index (χ4n) is 3.56.